The van der Waals surface area contributed by atoms with E-state index in [0.717, 1.165) is 0 Å². The SMILES string of the molecule is CC.CC1CC(N)C(=O)CO1.[HH]. The van der Waals surface area contributed by atoms with Gasteiger partial charge in [0.25, 0.3) is 0 Å². The Morgan fingerprint density at radius 3 is 2.55 bits per heavy atom. The van der Waals surface area contributed by atoms with Crippen molar-refractivity contribution in [3.8, 4) is 0 Å². The van der Waals surface area contributed by atoms with Crippen LogP contribution in [0.1, 0.15) is 28.6 Å². The van der Waals surface area contributed by atoms with E-state index in [-0.39, 0.29) is 26.0 Å². The van der Waals surface area contributed by atoms with Crippen molar-refractivity contribution in [2.75, 3.05) is 6.61 Å². The topological polar surface area (TPSA) is 52.3 Å². The molecule has 0 spiro atoms. The summed E-state index contributed by atoms with van der Waals surface area (Å²) < 4.78 is 5.03. The highest BCUT2D eigenvalue weighted by Crippen LogP contribution is 2.07. The molecule has 1 aliphatic rings. The molecule has 0 aromatic rings. The minimum Gasteiger partial charge on any atom is -0.371 e. The number of ketones is 1. The molecule has 0 saturated carbocycles. The molecular weight excluding hydrogens is 142 g/mol. The van der Waals surface area contributed by atoms with E-state index in [1.165, 1.54) is 0 Å². The fraction of sp³-hybridized carbons (Fsp3) is 0.875. The monoisotopic (exact) mass is 161 g/mol. The molecule has 2 atom stereocenters. The smallest absolute Gasteiger partial charge is 0.175 e. The summed E-state index contributed by atoms with van der Waals surface area (Å²) in [6, 6.07) is -0.284. The standard InChI is InChI=1S/C6H11NO2.C2H6.H2/c1-4-2-5(7)6(8)3-9-4;1-2;/h4-5H,2-3,7H2,1H3;1-2H3;1H. The molecule has 1 saturated heterocycles. The highest BCUT2D eigenvalue weighted by molar-refractivity contribution is 5.85. The zero-order valence-corrected chi connectivity index (χ0v) is 7.46. The minimum absolute atomic E-state index is 0. The quantitative estimate of drug-likeness (QED) is 0.576. The van der Waals surface area contributed by atoms with E-state index in [4.69, 9.17) is 10.5 Å². The number of rotatable bonds is 0. The van der Waals surface area contributed by atoms with E-state index in [0.29, 0.717) is 6.42 Å². The molecule has 68 valence electrons. The Balaban J connectivity index is 0. The van der Waals surface area contributed by atoms with E-state index in [1.54, 1.807) is 0 Å². The highest BCUT2D eigenvalue weighted by atomic mass is 16.5. The molecule has 0 aliphatic carbocycles. The fourth-order valence-electron chi connectivity index (χ4n) is 0.889. The summed E-state index contributed by atoms with van der Waals surface area (Å²) in [6.45, 7) is 6.12. The second-order valence-corrected chi connectivity index (χ2v) is 2.43. The van der Waals surface area contributed by atoms with Crippen LogP contribution in [0.4, 0.5) is 0 Å². The molecular formula is C8H19NO2. The van der Waals surface area contributed by atoms with Crippen molar-refractivity contribution in [1.29, 1.82) is 0 Å². The minimum atomic E-state index is -0.284. The number of carbonyl (C=O) groups is 1. The van der Waals surface area contributed by atoms with Gasteiger partial charge in [-0.25, -0.2) is 0 Å². The van der Waals surface area contributed by atoms with Crippen molar-refractivity contribution in [2.24, 2.45) is 5.73 Å². The Hall–Kier alpha value is -0.410. The number of hydrogen-bond donors (Lipinski definition) is 1. The normalized spacial score (nSPS) is 30.7. The maximum Gasteiger partial charge on any atom is 0.175 e. The largest absolute Gasteiger partial charge is 0.371 e. The predicted octanol–water partition coefficient (Wildman–Crippen LogP) is 0.964. The van der Waals surface area contributed by atoms with Crippen LogP contribution in [-0.4, -0.2) is 24.5 Å². The van der Waals surface area contributed by atoms with Crippen molar-refractivity contribution in [3.63, 3.8) is 0 Å². The molecule has 1 fully saturated rings. The summed E-state index contributed by atoms with van der Waals surface area (Å²) >= 11 is 0. The van der Waals surface area contributed by atoms with Crippen LogP contribution in [0.2, 0.25) is 0 Å². The van der Waals surface area contributed by atoms with E-state index >= 15 is 0 Å². The van der Waals surface area contributed by atoms with Gasteiger partial charge in [0.05, 0.1) is 12.1 Å². The molecule has 0 aromatic carbocycles. The molecule has 3 nitrogen and oxygen atoms in total. The second-order valence-electron chi connectivity index (χ2n) is 2.43. The summed E-state index contributed by atoms with van der Waals surface area (Å²) in [6.07, 6.45) is 0.816. The van der Waals surface area contributed by atoms with Crippen LogP contribution in [0, 0.1) is 0 Å². The lowest BCUT2D eigenvalue weighted by Gasteiger charge is -2.22. The first-order valence-electron chi connectivity index (χ1n) is 4.10. The first-order chi connectivity index (χ1) is 5.20. The Labute approximate surface area is 69.4 Å². The lowest BCUT2D eigenvalue weighted by atomic mass is 10.0. The third kappa shape index (κ3) is 3.49. The number of hydrogen-bond acceptors (Lipinski definition) is 3. The van der Waals surface area contributed by atoms with Crippen LogP contribution in [0.5, 0.6) is 0 Å². The van der Waals surface area contributed by atoms with Gasteiger partial charge in [0, 0.05) is 1.43 Å². The van der Waals surface area contributed by atoms with Gasteiger partial charge in [-0.2, -0.15) is 0 Å². The summed E-state index contributed by atoms with van der Waals surface area (Å²) in [5, 5.41) is 0. The van der Waals surface area contributed by atoms with Crippen LogP contribution >= 0.6 is 0 Å². The predicted molar refractivity (Wildman–Crippen MR) is 46.5 cm³/mol. The molecule has 0 bridgehead atoms. The summed E-state index contributed by atoms with van der Waals surface area (Å²) in [7, 11) is 0. The van der Waals surface area contributed by atoms with Crippen LogP contribution in [0.15, 0.2) is 0 Å². The van der Waals surface area contributed by atoms with Gasteiger partial charge >= 0.3 is 0 Å². The number of Topliss-reactive ketones (excluding diaryl/α,β-unsaturated/α-hetero) is 1. The average Bonchev–Trinajstić information content (AvgIpc) is 2.02. The highest BCUT2D eigenvalue weighted by Gasteiger charge is 2.22. The van der Waals surface area contributed by atoms with E-state index < -0.39 is 0 Å². The Morgan fingerprint density at radius 1 is 1.64 bits per heavy atom. The van der Waals surface area contributed by atoms with Crippen LogP contribution in [-0.2, 0) is 9.53 Å². The van der Waals surface area contributed by atoms with Crippen molar-refractivity contribution in [2.45, 2.75) is 39.3 Å². The van der Waals surface area contributed by atoms with E-state index in [1.807, 2.05) is 20.8 Å². The van der Waals surface area contributed by atoms with Gasteiger partial charge in [0.15, 0.2) is 5.78 Å². The Morgan fingerprint density at radius 2 is 2.18 bits per heavy atom. The average molecular weight is 161 g/mol. The molecule has 1 rings (SSSR count). The number of nitrogens with two attached hydrogens (primary N) is 1. The first-order valence-corrected chi connectivity index (χ1v) is 4.10. The lowest BCUT2D eigenvalue weighted by molar-refractivity contribution is -0.132. The molecule has 2 unspecified atom stereocenters. The van der Waals surface area contributed by atoms with Gasteiger partial charge < -0.3 is 10.5 Å². The second kappa shape index (κ2) is 5.27. The third-order valence-corrected chi connectivity index (χ3v) is 1.51. The Bertz CT molecular complexity index is 130. The van der Waals surface area contributed by atoms with Gasteiger partial charge in [-0.15, -0.1) is 0 Å². The Kier molecular flexibility index (Phi) is 5.07. The lowest BCUT2D eigenvalue weighted by Crippen LogP contribution is -2.42. The van der Waals surface area contributed by atoms with Gasteiger partial charge in [0.1, 0.15) is 6.61 Å². The van der Waals surface area contributed by atoms with Gasteiger partial charge in [-0.05, 0) is 13.3 Å². The van der Waals surface area contributed by atoms with Gasteiger partial charge in [0.2, 0.25) is 0 Å². The van der Waals surface area contributed by atoms with E-state index in [9.17, 15) is 4.79 Å². The summed E-state index contributed by atoms with van der Waals surface area (Å²) in [5.41, 5.74) is 5.44. The van der Waals surface area contributed by atoms with Gasteiger partial charge in [-0.3, -0.25) is 4.79 Å². The van der Waals surface area contributed by atoms with Crippen LogP contribution < -0.4 is 5.73 Å². The summed E-state index contributed by atoms with van der Waals surface area (Å²) in [5.74, 6) is 0.0214. The fourth-order valence-corrected chi connectivity index (χ4v) is 0.889. The molecule has 0 amide bonds. The van der Waals surface area contributed by atoms with Crippen molar-refractivity contribution in [1.82, 2.24) is 0 Å². The zero-order chi connectivity index (χ0) is 8.85. The molecule has 1 heterocycles. The first kappa shape index (κ1) is 10.6. The molecule has 1 aliphatic heterocycles. The van der Waals surface area contributed by atoms with E-state index in [2.05, 4.69) is 0 Å². The molecule has 11 heavy (non-hydrogen) atoms. The molecule has 0 aromatic heterocycles. The van der Waals surface area contributed by atoms with Gasteiger partial charge in [-0.1, -0.05) is 13.8 Å². The number of carbonyl (C=O) groups excluding carboxylic acids is 1. The number of ether oxygens (including phenoxy) is 1. The van der Waals surface area contributed by atoms with Crippen molar-refractivity contribution in [3.05, 3.63) is 0 Å². The molecule has 3 heteroatoms. The van der Waals surface area contributed by atoms with Crippen molar-refractivity contribution >= 4 is 5.78 Å². The van der Waals surface area contributed by atoms with Crippen LogP contribution in [0.25, 0.3) is 0 Å². The van der Waals surface area contributed by atoms with Crippen LogP contribution in [0.3, 0.4) is 0 Å². The summed E-state index contributed by atoms with van der Waals surface area (Å²) in [4.78, 5) is 10.7. The molecule has 0 radical (unpaired) electrons. The maximum atomic E-state index is 10.7. The molecule has 2 N–H and O–H groups in total. The zero-order valence-electron chi connectivity index (χ0n) is 7.46. The van der Waals surface area contributed by atoms with Crippen molar-refractivity contribution < 1.29 is 11.0 Å². The third-order valence-electron chi connectivity index (χ3n) is 1.51. The maximum absolute atomic E-state index is 10.7.